The lowest BCUT2D eigenvalue weighted by Crippen LogP contribution is -2.13. The second kappa shape index (κ2) is 7.03. The summed E-state index contributed by atoms with van der Waals surface area (Å²) in [5.41, 5.74) is 1.81. The fourth-order valence-corrected chi connectivity index (χ4v) is 2.62. The normalized spacial score (nSPS) is 13.2. The molecule has 6 nitrogen and oxygen atoms in total. The SMILES string of the molecule is O=C(Nc1ccc(F)cc1)c1ccc(-n2cnc(NC(=O)C3CC3)c2)cc1. The highest BCUT2D eigenvalue weighted by molar-refractivity contribution is 6.04. The summed E-state index contributed by atoms with van der Waals surface area (Å²) in [6.45, 7) is 0. The number of carbonyl (C=O) groups excluding carboxylic acids is 2. The summed E-state index contributed by atoms with van der Waals surface area (Å²) >= 11 is 0. The molecular formula is C20H17FN4O2. The zero-order chi connectivity index (χ0) is 18.8. The lowest BCUT2D eigenvalue weighted by Gasteiger charge is -2.07. The van der Waals surface area contributed by atoms with E-state index in [4.69, 9.17) is 0 Å². The Morgan fingerprint density at radius 2 is 1.70 bits per heavy atom. The first-order valence-electron chi connectivity index (χ1n) is 8.61. The van der Waals surface area contributed by atoms with Crippen LogP contribution in [-0.4, -0.2) is 21.4 Å². The van der Waals surface area contributed by atoms with Gasteiger partial charge in [0.05, 0.1) is 6.20 Å². The van der Waals surface area contributed by atoms with Crippen LogP contribution in [0.15, 0.2) is 61.1 Å². The Balaban J connectivity index is 1.42. The summed E-state index contributed by atoms with van der Waals surface area (Å²) in [6, 6.07) is 12.5. The first-order valence-corrected chi connectivity index (χ1v) is 8.61. The molecule has 27 heavy (non-hydrogen) atoms. The number of imidazole rings is 1. The zero-order valence-electron chi connectivity index (χ0n) is 14.4. The molecule has 7 heteroatoms. The molecular weight excluding hydrogens is 347 g/mol. The highest BCUT2D eigenvalue weighted by Crippen LogP contribution is 2.30. The van der Waals surface area contributed by atoms with Crippen molar-refractivity contribution in [2.24, 2.45) is 5.92 Å². The summed E-state index contributed by atoms with van der Waals surface area (Å²) in [4.78, 5) is 28.2. The summed E-state index contributed by atoms with van der Waals surface area (Å²) in [5, 5.41) is 5.51. The third kappa shape index (κ3) is 4.03. The summed E-state index contributed by atoms with van der Waals surface area (Å²) in [6.07, 6.45) is 5.21. The molecule has 4 rings (SSSR count). The topological polar surface area (TPSA) is 76.0 Å². The van der Waals surface area contributed by atoms with Crippen LogP contribution in [0.5, 0.6) is 0 Å². The summed E-state index contributed by atoms with van der Waals surface area (Å²) in [7, 11) is 0. The van der Waals surface area contributed by atoms with E-state index in [-0.39, 0.29) is 23.5 Å². The quantitative estimate of drug-likeness (QED) is 0.726. The molecule has 1 aliphatic rings. The first kappa shape index (κ1) is 17.0. The molecule has 1 aliphatic carbocycles. The largest absolute Gasteiger partial charge is 0.322 e. The number of nitrogens with zero attached hydrogens (tertiary/aromatic N) is 2. The van der Waals surface area contributed by atoms with E-state index in [0.29, 0.717) is 17.1 Å². The monoisotopic (exact) mass is 364 g/mol. The number of benzene rings is 2. The molecule has 0 saturated heterocycles. The van der Waals surface area contributed by atoms with Gasteiger partial charge in [-0.25, -0.2) is 9.37 Å². The maximum atomic E-state index is 12.9. The van der Waals surface area contributed by atoms with Crippen LogP contribution in [-0.2, 0) is 4.79 Å². The van der Waals surface area contributed by atoms with E-state index < -0.39 is 0 Å². The van der Waals surface area contributed by atoms with Gasteiger partial charge >= 0.3 is 0 Å². The van der Waals surface area contributed by atoms with Crippen molar-refractivity contribution in [2.45, 2.75) is 12.8 Å². The van der Waals surface area contributed by atoms with Gasteiger partial charge in [-0.2, -0.15) is 0 Å². The van der Waals surface area contributed by atoms with E-state index in [1.54, 1.807) is 41.4 Å². The Morgan fingerprint density at radius 1 is 1.00 bits per heavy atom. The molecule has 2 N–H and O–H groups in total. The van der Waals surface area contributed by atoms with Crippen LogP contribution in [0.25, 0.3) is 5.69 Å². The van der Waals surface area contributed by atoms with Gasteiger partial charge in [-0.15, -0.1) is 0 Å². The van der Waals surface area contributed by atoms with E-state index in [1.807, 2.05) is 0 Å². The van der Waals surface area contributed by atoms with Crippen LogP contribution >= 0.6 is 0 Å². The van der Waals surface area contributed by atoms with Gasteiger partial charge in [-0.1, -0.05) is 0 Å². The van der Waals surface area contributed by atoms with Crippen LogP contribution in [0.2, 0.25) is 0 Å². The molecule has 2 amide bonds. The molecule has 0 bridgehead atoms. The average molecular weight is 364 g/mol. The summed E-state index contributed by atoms with van der Waals surface area (Å²) < 4.78 is 14.7. The molecule has 1 saturated carbocycles. The zero-order valence-corrected chi connectivity index (χ0v) is 14.4. The molecule has 0 atom stereocenters. The molecule has 0 unspecified atom stereocenters. The molecule has 136 valence electrons. The minimum atomic E-state index is -0.356. The molecule has 0 spiro atoms. The second-order valence-corrected chi connectivity index (χ2v) is 6.44. The maximum Gasteiger partial charge on any atom is 0.255 e. The predicted molar refractivity (Wildman–Crippen MR) is 99.3 cm³/mol. The van der Waals surface area contributed by atoms with Crippen molar-refractivity contribution < 1.29 is 14.0 Å². The van der Waals surface area contributed by atoms with Crippen LogP contribution in [0.4, 0.5) is 15.9 Å². The molecule has 1 heterocycles. The number of rotatable bonds is 5. The van der Waals surface area contributed by atoms with Crippen molar-refractivity contribution in [2.75, 3.05) is 10.6 Å². The number of halogens is 1. The minimum Gasteiger partial charge on any atom is -0.322 e. The predicted octanol–water partition coefficient (Wildman–Crippen LogP) is 3.61. The number of nitrogens with one attached hydrogen (secondary N) is 2. The van der Waals surface area contributed by atoms with E-state index in [9.17, 15) is 14.0 Å². The van der Waals surface area contributed by atoms with Crippen LogP contribution < -0.4 is 10.6 Å². The van der Waals surface area contributed by atoms with Crippen LogP contribution in [0.1, 0.15) is 23.2 Å². The van der Waals surface area contributed by atoms with E-state index in [2.05, 4.69) is 15.6 Å². The molecule has 0 aliphatic heterocycles. The fraction of sp³-hybridized carbons (Fsp3) is 0.150. The Morgan fingerprint density at radius 3 is 2.37 bits per heavy atom. The van der Waals surface area contributed by atoms with E-state index >= 15 is 0 Å². The van der Waals surface area contributed by atoms with Crippen molar-refractivity contribution in [3.8, 4) is 5.69 Å². The molecule has 1 fully saturated rings. The van der Waals surface area contributed by atoms with Crippen molar-refractivity contribution in [3.05, 3.63) is 72.4 Å². The molecule has 3 aromatic rings. The number of hydrogen-bond acceptors (Lipinski definition) is 3. The Hall–Kier alpha value is -3.48. The van der Waals surface area contributed by atoms with Gasteiger partial charge in [-0.05, 0) is 61.4 Å². The molecule has 2 aromatic carbocycles. The van der Waals surface area contributed by atoms with E-state index in [1.165, 1.54) is 24.3 Å². The van der Waals surface area contributed by atoms with Crippen LogP contribution in [0.3, 0.4) is 0 Å². The third-order valence-corrected chi connectivity index (χ3v) is 4.31. The lowest BCUT2D eigenvalue weighted by molar-refractivity contribution is -0.117. The van der Waals surface area contributed by atoms with Crippen molar-refractivity contribution in [3.63, 3.8) is 0 Å². The first-order chi connectivity index (χ1) is 13.1. The van der Waals surface area contributed by atoms with Gasteiger partial charge in [0.1, 0.15) is 12.1 Å². The van der Waals surface area contributed by atoms with Gasteiger partial charge in [0.25, 0.3) is 5.91 Å². The smallest absolute Gasteiger partial charge is 0.255 e. The molecule has 0 radical (unpaired) electrons. The van der Waals surface area contributed by atoms with Gasteiger partial charge in [0.2, 0.25) is 5.91 Å². The highest BCUT2D eigenvalue weighted by atomic mass is 19.1. The molecule has 1 aromatic heterocycles. The maximum absolute atomic E-state index is 12.9. The highest BCUT2D eigenvalue weighted by Gasteiger charge is 2.29. The Kier molecular flexibility index (Phi) is 4.42. The third-order valence-electron chi connectivity index (χ3n) is 4.31. The van der Waals surface area contributed by atoms with Gasteiger partial charge in [-0.3, -0.25) is 9.59 Å². The van der Waals surface area contributed by atoms with Crippen molar-refractivity contribution in [1.29, 1.82) is 0 Å². The van der Waals surface area contributed by atoms with Gasteiger partial charge in [0.15, 0.2) is 5.82 Å². The fourth-order valence-electron chi connectivity index (χ4n) is 2.62. The minimum absolute atomic E-state index is 0.00747. The lowest BCUT2D eigenvalue weighted by atomic mass is 10.2. The van der Waals surface area contributed by atoms with Gasteiger partial charge in [0, 0.05) is 22.9 Å². The van der Waals surface area contributed by atoms with Crippen molar-refractivity contribution >= 4 is 23.3 Å². The number of hydrogen-bond donors (Lipinski definition) is 2. The van der Waals surface area contributed by atoms with Gasteiger partial charge < -0.3 is 15.2 Å². The van der Waals surface area contributed by atoms with E-state index in [0.717, 1.165) is 18.5 Å². The van der Waals surface area contributed by atoms with Crippen LogP contribution in [0, 0.1) is 11.7 Å². The summed E-state index contributed by atoms with van der Waals surface area (Å²) in [5.74, 6) is -0.00584. The second-order valence-electron chi connectivity index (χ2n) is 6.44. The number of carbonyl (C=O) groups is 2. The number of aromatic nitrogens is 2. The Bertz CT molecular complexity index is 976. The van der Waals surface area contributed by atoms with Crippen molar-refractivity contribution in [1.82, 2.24) is 9.55 Å². The Labute approximate surface area is 155 Å². The average Bonchev–Trinajstić information content (AvgIpc) is 3.43. The standard InChI is InChI=1S/C20H17FN4O2/c21-15-5-7-16(8-6-15)23-19(26)14-3-9-17(10-4-14)25-11-18(22-12-25)24-20(27)13-1-2-13/h3-13H,1-2H2,(H,23,26)(H,24,27). The number of amides is 2. The number of anilines is 2.